The minimum atomic E-state index is -0.454. The Morgan fingerprint density at radius 2 is 2.29 bits per heavy atom. The van der Waals surface area contributed by atoms with Crippen molar-refractivity contribution in [1.29, 1.82) is 0 Å². The number of hydrogen-bond acceptors (Lipinski definition) is 4. The molecule has 7 heteroatoms. The molecule has 0 aliphatic heterocycles. The normalized spacial score (nSPS) is 12.8. The largest absolute Gasteiger partial charge is 0.494 e. The van der Waals surface area contributed by atoms with Crippen LogP contribution in [-0.2, 0) is 6.54 Å². The number of alkyl halides is 1. The molecule has 1 atom stereocenters. The van der Waals surface area contributed by atoms with Crippen molar-refractivity contribution in [2.75, 3.05) is 7.11 Å². The van der Waals surface area contributed by atoms with Crippen molar-refractivity contribution in [2.45, 2.75) is 18.8 Å². The maximum absolute atomic E-state index is 13.8. The van der Waals surface area contributed by atoms with Crippen molar-refractivity contribution in [3.8, 4) is 5.75 Å². The van der Waals surface area contributed by atoms with E-state index >= 15 is 0 Å². The van der Waals surface area contributed by atoms with Crippen molar-refractivity contribution in [3.05, 3.63) is 41.8 Å². The van der Waals surface area contributed by atoms with Gasteiger partial charge in [0, 0.05) is 18.2 Å². The highest BCUT2D eigenvalue weighted by Crippen LogP contribution is 2.29. The molecule has 5 nitrogen and oxygen atoms in total. The van der Waals surface area contributed by atoms with Crippen LogP contribution in [0.1, 0.15) is 23.8 Å². The first-order chi connectivity index (χ1) is 10.1. The molecule has 0 N–H and O–H groups in total. The minimum Gasteiger partial charge on any atom is -0.494 e. The zero-order valence-electron chi connectivity index (χ0n) is 11.5. The summed E-state index contributed by atoms with van der Waals surface area (Å²) in [6.45, 7) is 2.25. The van der Waals surface area contributed by atoms with Crippen LogP contribution in [0.15, 0.2) is 29.0 Å². The maximum atomic E-state index is 13.8. The molecule has 0 spiro atoms. The van der Waals surface area contributed by atoms with Crippen LogP contribution in [0.2, 0.25) is 0 Å². The zero-order valence-corrected chi connectivity index (χ0v) is 12.3. The lowest BCUT2D eigenvalue weighted by Crippen LogP contribution is -2.06. The van der Waals surface area contributed by atoms with Gasteiger partial charge in [0.25, 0.3) is 0 Å². The SMILES string of the molecule is COc1cc2c(cc1F)nc(C(C)Cl)n2Cc1ccon1. The van der Waals surface area contributed by atoms with Crippen LogP contribution in [-0.4, -0.2) is 21.8 Å². The molecule has 0 amide bonds. The van der Waals surface area contributed by atoms with Gasteiger partial charge in [-0.15, -0.1) is 11.6 Å². The fourth-order valence-electron chi connectivity index (χ4n) is 2.25. The summed E-state index contributed by atoms with van der Waals surface area (Å²) < 4.78 is 25.6. The number of aromatic nitrogens is 3. The minimum absolute atomic E-state index is 0.164. The summed E-state index contributed by atoms with van der Waals surface area (Å²) in [6, 6.07) is 4.71. The summed E-state index contributed by atoms with van der Waals surface area (Å²) in [6.07, 6.45) is 1.50. The molecular formula is C14H13ClFN3O2. The summed E-state index contributed by atoms with van der Waals surface area (Å²) in [5.74, 6) is 0.352. The predicted octanol–water partition coefficient (Wildman–Crippen LogP) is 3.52. The molecule has 1 aromatic carbocycles. The quantitative estimate of drug-likeness (QED) is 0.692. The summed E-state index contributed by atoms with van der Waals surface area (Å²) in [4.78, 5) is 4.41. The molecule has 1 unspecified atom stereocenters. The average molecular weight is 310 g/mol. The van der Waals surface area contributed by atoms with Crippen LogP contribution in [0, 0.1) is 5.82 Å². The maximum Gasteiger partial charge on any atom is 0.167 e. The second-order valence-corrected chi connectivity index (χ2v) is 5.29. The summed E-state index contributed by atoms with van der Waals surface area (Å²) in [5.41, 5.74) is 1.99. The fourth-order valence-corrected chi connectivity index (χ4v) is 2.42. The molecule has 0 bridgehead atoms. The van der Waals surface area contributed by atoms with Gasteiger partial charge in [0.2, 0.25) is 0 Å². The zero-order chi connectivity index (χ0) is 15.0. The van der Waals surface area contributed by atoms with Crippen molar-refractivity contribution >= 4 is 22.6 Å². The summed E-state index contributed by atoms with van der Waals surface area (Å²) in [7, 11) is 1.42. The molecular weight excluding hydrogens is 297 g/mol. The van der Waals surface area contributed by atoms with Crippen LogP contribution in [0.25, 0.3) is 11.0 Å². The third-order valence-electron chi connectivity index (χ3n) is 3.22. The van der Waals surface area contributed by atoms with E-state index in [9.17, 15) is 4.39 Å². The summed E-state index contributed by atoms with van der Waals surface area (Å²) >= 11 is 6.18. The second-order valence-electron chi connectivity index (χ2n) is 4.64. The number of ether oxygens (including phenoxy) is 1. The first-order valence-corrected chi connectivity index (χ1v) is 6.80. The highest BCUT2D eigenvalue weighted by atomic mass is 35.5. The molecule has 3 aromatic rings. The van der Waals surface area contributed by atoms with Gasteiger partial charge >= 0.3 is 0 Å². The lowest BCUT2D eigenvalue weighted by Gasteiger charge is -2.09. The van der Waals surface area contributed by atoms with Crippen LogP contribution in [0.5, 0.6) is 5.75 Å². The van der Waals surface area contributed by atoms with Gasteiger partial charge in [0.1, 0.15) is 17.8 Å². The Morgan fingerprint density at radius 1 is 1.48 bits per heavy atom. The molecule has 110 valence electrons. The van der Waals surface area contributed by atoms with Gasteiger partial charge in [0.15, 0.2) is 11.6 Å². The van der Waals surface area contributed by atoms with E-state index in [0.717, 1.165) is 11.2 Å². The van der Waals surface area contributed by atoms with Crippen LogP contribution in [0.4, 0.5) is 4.39 Å². The van der Waals surface area contributed by atoms with Crippen molar-refractivity contribution in [1.82, 2.24) is 14.7 Å². The highest BCUT2D eigenvalue weighted by molar-refractivity contribution is 6.20. The second kappa shape index (κ2) is 5.37. The van der Waals surface area contributed by atoms with Crippen molar-refractivity contribution in [3.63, 3.8) is 0 Å². The molecule has 0 fully saturated rings. The lowest BCUT2D eigenvalue weighted by molar-refractivity contribution is 0.387. The average Bonchev–Trinajstić information content (AvgIpc) is 3.06. The Bertz CT molecular complexity index is 768. The Labute approximate surface area is 125 Å². The number of imidazole rings is 1. The van der Waals surface area contributed by atoms with E-state index in [1.807, 2.05) is 11.5 Å². The molecule has 0 saturated heterocycles. The van der Waals surface area contributed by atoms with E-state index in [1.54, 1.807) is 12.1 Å². The third kappa shape index (κ3) is 2.47. The van der Waals surface area contributed by atoms with E-state index in [-0.39, 0.29) is 11.1 Å². The van der Waals surface area contributed by atoms with Crippen molar-refractivity contribution in [2.24, 2.45) is 0 Å². The summed E-state index contributed by atoms with van der Waals surface area (Å²) in [5, 5.41) is 3.57. The predicted molar refractivity (Wildman–Crippen MR) is 76.1 cm³/mol. The third-order valence-corrected chi connectivity index (χ3v) is 3.41. The highest BCUT2D eigenvalue weighted by Gasteiger charge is 2.18. The van der Waals surface area contributed by atoms with E-state index in [0.29, 0.717) is 17.9 Å². The molecule has 0 aliphatic rings. The molecule has 0 radical (unpaired) electrons. The molecule has 3 rings (SSSR count). The van der Waals surface area contributed by atoms with E-state index < -0.39 is 5.82 Å². The van der Waals surface area contributed by atoms with Gasteiger partial charge in [-0.2, -0.15) is 0 Å². The van der Waals surface area contributed by atoms with Gasteiger partial charge in [-0.05, 0) is 6.92 Å². The van der Waals surface area contributed by atoms with Gasteiger partial charge in [0.05, 0.1) is 30.1 Å². The molecule has 0 aliphatic carbocycles. The Kier molecular flexibility index (Phi) is 3.55. The van der Waals surface area contributed by atoms with Crippen molar-refractivity contribution < 1.29 is 13.7 Å². The number of rotatable bonds is 4. The standard InChI is InChI=1S/C14H13ClFN3O2/c1-8(15)14-17-11-5-10(16)13(20-2)6-12(11)19(14)7-9-3-4-21-18-9/h3-6,8H,7H2,1-2H3. The Hall–Kier alpha value is -2.08. The Balaban J connectivity index is 2.20. The van der Waals surface area contributed by atoms with Crippen LogP contribution < -0.4 is 4.74 Å². The van der Waals surface area contributed by atoms with Gasteiger partial charge in [-0.25, -0.2) is 9.37 Å². The molecule has 2 aromatic heterocycles. The van der Waals surface area contributed by atoms with Gasteiger partial charge in [-0.3, -0.25) is 0 Å². The van der Waals surface area contributed by atoms with Crippen LogP contribution >= 0.6 is 11.6 Å². The smallest absolute Gasteiger partial charge is 0.167 e. The molecule has 2 heterocycles. The first-order valence-electron chi connectivity index (χ1n) is 6.37. The van der Waals surface area contributed by atoms with Crippen LogP contribution in [0.3, 0.4) is 0 Å². The fraction of sp³-hybridized carbons (Fsp3) is 0.286. The van der Waals surface area contributed by atoms with E-state index in [2.05, 4.69) is 10.1 Å². The van der Waals surface area contributed by atoms with Gasteiger partial charge in [-0.1, -0.05) is 5.16 Å². The molecule has 0 saturated carbocycles. The van der Waals surface area contributed by atoms with E-state index in [4.69, 9.17) is 20.9 Å². The topological polar surface area (TPSA) is 53.1 Å². The van der Waals surface area contributed by atoms with Gasteiger partial charge < -0.3 is 13.8 Å². The lowest BCUT2D eigenvalue weighted by atomic mass is 10.2. The number of nitrogens with zero attached hydrogens (tertiary/aromatic N) is 3. The number of methoxy groups -OCH3 is 1. The molecule has 21 heavy (non-hydrogen) atoms. The first kappa shape index (κ1) is 13.9. The number of fused-ring (bicyclic) bond motifs is 1. The van der Waals surface area contributed by atoms with E-state index in [1.165, 1.54) is 19.4 Å². The number of hydrogen-bond donors (Lipinski definition) is 0. The monoisotopic (exact) mass is 309 g/mol. The number of benzene rings is 1. The number of halogens is 2. The Morgan fingerprint density at radius 3 is 2.90 bits per heavy atom.